The molecule has 0 bridgehead atoms. The lowest BCUT2D eigenvalue weighted by atomic mass is 9.97. The summed E-state index contributed by atoms with van der Waals surface area (Å²) in [6, 6.07) is 0.657. The molecule has 0 radical (unpaired) electrons. The van der Waals surface area contributed by atoms with Crippen LogP contribution in [-0.2, 0) is 0 Å². The van der Waals surface area contributed by atoms with E-state index >= 15 is 0 Å². The average molecular weight is 260 g/mol. The van der Waals surface area contributed by atoms with E-state index in [9.17, 15) is 0 Å². The van der Waals surface area contributed by atoms with Crippen LogP contribution in [0.5, 0.6) is 0 Å². The van der Waals surface area contributed by atoms with Crippen molar-refractivity contribution >= 4 is 23.5 Å². The zero-order valence-electron chi connectivity index (χ0n) is 10.2. The molecule has 94 valence electrons. The van der Waals surface area contributed by atoms with Crippen LogP contribution in [-0.4, -0.2) is 53.1 Å². The minimum absolute atomic E-state index is 0.657. The van der Waals surface area contributed by atoms with Gasteiger partial charge in [0.1, 0.15) is 0 Å². The third-order valence-corrected chi connectivity index (χ3v) is 6.41. The topological polar surface area (TPSA) is 29.3 Å². The van der Waals surface area contributed by atoms with Crippen molar-refractivity contribution in [2.45, 2.75) is 31.1 Å². The molecule has 0 aromatic rings. The van der Waals surface area contributed by atoms with Crippen LogP contribution in [0, 0.1) is 5.92 Å². The molecule has 2 aliphatic heterocycles. The summed E-state index contributed by atoms with van der Waals surface area (Å²) in [5.74, 6) is 4.84. The van der Waals surface area contributed by atoms with Gasteiger partial charge in [0.2, 0.25) is 0 Å². The minimum atomic E-state index is 0.657. The fraction of sp³-hybridized carbons (Fsp3) is 1.00. The van der Waals surface area contributed by atoms with Crippen LogP contribution in [0.25, 0.3) is 0 Å². The van der Waals surface area contributed by atoms with Crippen LogP contribution >= 0.6 is 23.5 Å². The molecule has 0 aromatic heterocycles. The van der Waals surface area contributed by atoms with E-state index in [2.05, 4.69) is 35.3 Å². The van der Waals surface area contributed by atoms with E-state index in [-0.39, 0.29) is 0 Å². The first-order valence-corrected chi connectivity index (χ1v) is 8.69. The molecule has 0 aliphatic carbocycles. The van der Waals surface area contributed by atoms with Gasteiger partial charge in [-0.3, -0.25) is 4.90 Å². The predicted molar refractivity (Wildman–Crippen MR) is 76.4 cm³/mol. The van der Waals surface area contributed by atoms with Crippen LogP contribution in [0.4, 0.5) is 0 Å². The van der Waals surface area contributed by atoms with Crippen molar-refractivity contribution in [1.82, 2.24) is 4.90 Å². The molecule has 3 atom stereocenters. The van der Waals surface area contributed by atoms with Gasteiger partial charge in [0.05, 0.1) is 0 Å². The normalized spacial score (nSPS) is 34.1. The molecule has 2 aliphatic rings. The third-order valence-electron chi connectivity index (χ3n) is 3.85. The third kappa shape index (κ3) is 3.09. The molecule has 0 spiro atoms. The monoisotopic (exact) mass is 260 g/mol. The molecule has 16 heavy (non-hydrogen) atoms. The summed E-state index contributed by atoms with van der Waals surface area (Å²) in [5, 5.41) is 0.844. The Morgan fingerprint density at radius 1 is 1.44 bits per heavy atom. The van der Waals surface area contributed by atoms with Crippen molar-refractivity contribution in [2.75, 3.05) is 36.9 Å². The average Bonchev–Trinajstić information content (AvgIpc) is 2.84. The highest BCUT2D eigenvalue weighted by Gasteiger charge is 2.31. The summed E-state index contributed by atoms with van der Waals surface area (Å²) in [7, 11) is 0. The molecule has 2 saturated heterocycles. The fourth-order valence-corrected chi connectivity index (χ4v) is 5.32. The lowest BCUT2D eigenvalue weighted by Gasteiger charge is -2.39. The largest absolute Gasteiger partial charge is 0.329 e. The van der Waals surface area contributed by atoms with Gasteiger partial charge in [-0.2, -0.15) is 23.5 Å². The van der Waals surface area contributed by atoms with Crippen molar-refractivity contribution < 1.29 is 0 Å². The van der Waals surface area contributed by atoms with Gasteiger partial charge >= 0.3 is 0 Å². The number of thioether (sulfide) groups is 2. The molecular formula is C12H24N2S2. The van der Waals surface area contributed by atoms with Crippen molar-refractivity contribution in [3.63, 3.8) is 0 Å². The Labute approximate surface area is 108 Å². The lowest BCUT2D eigenvalue weighted by Crippen LogP contribution is -2.51. The summed E-state index contributed by atoms with van der Waals surface area (Å²) >= 11 is 4.26. The van der Waals surface area contributed by atoms with Crippen LogP contribution in [0.3, 0.4) is 0 Å². The molecule has 0 aromatic carbocycles. The second kappa shape index (κ2) is 6.53. The molecule has 4 heteroatoms. The first kappa shape index (κ1) is 13.1. The molecule has 2 fully saturated rings. The zero-order valence-corrected chi connectivity index (χ0v) is 11.9. The fourth-order valence-electron chi connectivity index (χ4n) is 2.79. The number of rotatable bonds is 4. The van der Waals surface area contributed by atoms with Crippen LogP contribution in [0.15, 0.2) is 0 Å². The molecule has 2 nitrogen and oxygen atoms in total. The number of nitrogens with two attached hydrogens (primary N) is 1. The Hall–Kier alpha value is 0.620. The Kier molecular flexibility index (Phi) is 5.33. The maximum Gasteiger partial charge on any atom is 0.0255 e. The number of nitrogens with zero attached hydrogens (tertiary/aromatic N) is 1. The van der Waals surface area contributed by atoms with Gasteiger partial charge in [-0.05, 0) is 30.3 Å². The second-order valence-electron chi connectivity index (χ2n) is 4.82. The van der Waals surface area contributed by atoms with Crippen molar-refractivity contribution in [2.24, 2.45) is 11.7 Å². The summed E-state index contributed by atoms with van der Waals surface area (Å²) in [5.41, 5.74) is 6.01. The Bertz CT molecular complexity index is 207. The van der Waals surface area contributed by atoms with E-state index in [4.69, 9.17) is 5.73 Å². The van der Waals surface area contributed by atoms with Gasteiger partial charge in [0.25, 0.3) is 0 Å². The van der Waals surface area contributed by atoms with E-state index in [1.165, 1.54) is 43.2 Å². The maximum atomic E-state index is 6.01. The van der Waals surface area contributed by atoms with E-state index < -0.39 is 0 Å². The zero-order chi connectivity index (χ0) is 11.4. The summed E-state index contributed by atoms with van der Waals surface area (Å²) in [6.45, 7) is 5.69. The Balaban J connectivity index is 1.91. The van der Waals surface area contributed by atoms with Crippen LogP contribution in [0.2, 0.25) is 0 Å². The summed E-state index contributed by atoms with van der Waals surface area (Å²) < 4.78 is 0. The Morgan fingerprint density at radius 2 is 2.31 bits per heavy atom. The van der Waals surface area contributed by atoms with Gasteiger partial charge in [0.15, 0.2) is 0 Å². The van der Waals surface area contributed by atoms with E-state index in [1.807, 2.05) is 0 Å². The van der Waals surface area contributed by atoms with Crippen molar-refractivity contribution in [3.8, 4) is 0 Å². The first-order valence-electron chi connectivity index (χ1n) is 6.48. The van der Waals surface area contributed by atoms with Gasteiger partial charge in [-0.15, -0.1) is 0 Å². The molecular weight excluding hydrogens is 236 g/mol. The van der Waals surface area contributed by atoms with Gasteiger partial charge in [-0.1, -0.05) is 6.92 Å². The van der Waals surface area contributed by atoms with Crippen LogP contribution in [0.1, 0.15) is 19.8 Å². The number of hydrogen-bond acceptors (Lipinski definition) is 4. The lowest BCUT2D eigenvalue weighted by molar-refractivity contribution is 0.159. The van der Waals surface area contributed by atoms with Gasteiger partial charge < -0.3 is 5.73 Å². The number of hydrogen-bond donors (Lipinski definition) is 1. The van der Waals surface area contributed by atoms with E-state index in [0.29, 0.717) is 6.04 Å². The highest BCUT2D eigenvalue weighted by molar-refractivity contribution is 8.00. The maximum absolute atomic E-state index is 6.01. The highest BCUT2D eigenvalue weighted by Crippen LogP contribution is 2.31. The molecule has 2 N–H and O–H groups in total. The highest BCUT2D eigenvalue weighted by atomic mass is 32.2. The second-order valence-corrected chi connectivity index (χ2v) is 7.38. The molecule has 0 amide bonds. The first-order chi connectivity index (χ1) is 7.85. The minimum Gasteiger partial charge on any atom is -0.329 e. The SMILES string of the molecule is CCC1CN(C(CN)C2CCSC2)CCS1. The molecule has 2 heterocycles. The van der Waals surface area contributed by atoms with Crippen molar-refractivity contribution in [3.05, 3.63) is 0 Å². The standard InChI is InChI=1S/C12H24N2S2/c1-2-11-8-14(4-6-16-11)12(7-13)10-3-5-15-9-10/h10-12H,2-9,13H2,1H3. The summed E-state index contributed by atoms with van der Waals surface area (Å²) in [4.78, 5) is 2.68. The van der Waals surface area contributed by atoms with Crippen molar-refractivity contribution in [1.29, 1.82) is 0 Å². The smallest absolute Gasteiger partial charge is 0.0255 e. The van der Waals surface area contributed by atoms with Gasteiger partial charge in [-0.25, -0.2) is 0 Å². The van der Waals surface area contributed by atoms with E-state index in [0.717, 1.165) is 17.7 Å². The molecule has 2 rings (SSSR count). The quantitative estimate of drug-likeness (QED) is 0.836. The predicted octanol–water partition coefficient (Wildman–Crippen LogP) is 1.89. The molecule has 0 saturated carbocycles. The van der Waals surface area contributed by atoms with Crippen LogP contribution < -0.4 is 5.73 Å². The molecule has 3 unspecified atom stereocenters. The van der Waals surface area contributed by atoms with E-state index in [1.54, 1.807) is 0 Å². The van der Waals surface area contributed by atoms with Gasteiger partial charge in [0, 0.05) is 36.7 Å². The Morgan fingerprint density at radius 3 is 2.94 bits per heavy atom. The summed E-state index contributed by atoms with van der Waals surface area (Å²) in [6.07, 6.45) is 2.69.